The molecule has 1 N–H and O–H groups in total. The molecule has 0 bridgehead atoms. The zero-order valence-corrected chi connectivity index (χ0v) is 16.8. The average molecular weight is 420 g/mol. The van der Waals surface area contributed by atoms with Crippen LogP contribution in [0.4, 0.5) is 8.78 Å². The highest BCUT2D eigenvalue weighted by molar-refractivity contribution is 7.99. The van der Waals surface area contributed by atoms with Crippen molar-refractivity contribution in [2.75, 3.05) is 6.61 Å². The third-order valence-electron chi connectivity index (χ3n) is 4.78. The van der Waals surface area contributed by atoms with Gasteiger partial charge in [0.25, 0.3) is 11.7 Å². The molecule has 0 aliphatic heterocycles. The minimum atomic E-state index is -2.71. The van der Waals surface area contributed by atoms with Crippen molar-refractivity contribution in [2.45, 2.75) is 49.4 Å². The number of benzene rings is 1. The summed E-state index contributed by atoms with van der Waals surface area (Å²) in [5, 5.41) is 2.67. The number of fused-ring (bicyclic) bond motifs is 1. The summed E-state index contributed by atoms with van der Waals surface area (Å²) in [4.78, 5) is 28.1. The number of rotatable bonds is 7. The van der Waals surface area contributed by atoms with Crippen LogP contribution in [0.15, 0.2) is 41.6 Å². The van der Waals surface area contributed by atoms with Gasteiger partial charge in [0, 0.05) is 6.20 Å². The Morgan fingerprint density at radius 2 is 1.97 bits per heavy atom. The molecule has 0 spiro atoms. The van der Waals surface area contributed by atoms with Crippen molar-refractivity contribution in [3.8, 4) is 0 Å². The van der Waals surface area contributed by atoms with Crippen molar-refractivity contribution < 1.29 is 23.1 Å². The topological polar surface area (TPSA) is 68.3 Å². The number of hydrogen-bond donors (Lipinski definition) is 1. The Labute approximate surface area is 172 Å². The van der Waals surface area contributed by atoms with Crippen molar-refractivity contribution in [1.82, 2.24) is 10.3 Å². The van der Waals surface area contributed by atoms with Gasteiger partial charge < -0.3 is 10.1 Å². The number of amides is 1. The van der Waals surface area contributed by atoms with Crippen LogP contribution in [0.25, 0.3) is 0 Å². The number of nitrogens with zero attached hydrogens (tertiary/aromatic N) is 1. The van der Waals surface area contributed by atoms with E-state index in [0.29, 0.717) is 0 Å². The van der Waals surface area contributed by atoms with Crippen LogP contribution in [0.5, 0.6) is 0 Å². The molecule has 2 aromatic rings. The van der Waals surface area contributed by atoms with E-state index in [0.717, 1.165) is 18.4 Å². The van der Waals surface area contributed by atoms with Gasteiger partial charge in [0.05, 0.1) is 11.6 Å². The molecule has 3 rings (SSSR count). The van der Waals surface area contributed by atoms with Gasteiger partial charge >= 0.3 is 5.97 Å². The summed E-state index contributed by atoms with van der Waals surface area (Å²) >= 11 is 0.161. The van der Waals surface area contributed by atoms with Crippen molar-refractivity contribution >= 4 is 23.6 Å². The van der Waals surface area contributed by atoms with Crippen molar-refractivity contribution in [1.29, 1.82) is 0 Å². The smallest absolute Gasteiger partial charge is 0.341 e. The number of esters is 1. The number of halogens is 2. The molecule has 1 heterocycles. The zero-order chi connectivity index (χ0) is 20.8. The monoisotopic (exact) mass is 420 g/mol. The van der Waals surface area contributed by atoms with E-state index in [9.17, 15) is 18.4 Å². The molecule has 1 amide bonds. The van der Waals surface area contributed by atoms with E-state index < -0.39 is 24.2 Å². The second kappa shape index (κ2) is 9.82. The SMILES string of the molecule is C[C@H](NC(=O)COC(=O)c1cccnc1SC(F)F)c1ccc2c(c1)CCCC2. The summed E-state index contributed by atoms with van der Waals surface area (Å²) in [6.07, 6.45) is 5.83. The Morgan fingerprint density at radius 3 is 2.72 bits per heavy atom. The number of thioether (sulfide) groups is 1. The number of alkyl halides is 2. The number of aromatic nitrogens is 1. The molecule has 29 heavy (non-hydrogen) atoms. The molecule has 1 atom stereocenters. The molecular formula is C21H22F2N2O3S. The third kappa shape index (κ3) is 5.76. The number of carbonyl (C=O) groups is 2. The summed E-state index contributed by atoms with van der Waals surface area (Å²) in [6.45, 7) is 1.37. The van der Waals surface area contributed by atoms with Gasteiger partial charge in [-0.05, 0) is 73.2 Å². The van der Waals surface area contributed by atoms with Gasteiger partial charge in [-0.2, -0.15) is 8.78 Å². The van der Waals surface area contributed by atoms with Crippen LogP contribution in [-0.4, -0.2) is 29.2 Å². The Bertz CT molecular complexity index is 892. The van der Waals surface area contributed by atoms with Gasteiger partial charge in [0.2, 0.25) is 0 Å². The van der Waals surface area contributed by atoms with Crippen molar-refractivity contribution in [2.24, 2.45) is 0 Å². The molecule has 5 nitrogen and oxygen atoms in total. The van der Waals surface area contributed by atoms with Crippen LogP contribution >= 0.6 is 11.8 Å². The summed E-state index contributed by atoms with van der Waals surface area (Å²) in [5.74, 6) is -4.04. The van der Waals surface area contributed by atoms with Gasteiger partial charge in [0.1, 0.15) is 5.03 Å². The number of hydrogen-bond acceptors (Lipinski definition) is 5. The first-order valence-corrected chi connectivity index (χ1v) is 10.3. The molecule has 0 fully saturated rings. The van der Waals surface area contributed by atoms with Crippen LogP contribution in [0.2, 0.25) is 0 Å². The second-order valence-corrected chi connectivity index (χ2v) is 7.81. The molecule has 1 aromatic carbocycles. The lowest BCUT2D eigenvalue weighted by Crippen LogP contribution is -2.31. The van der Waals surface area contributed by atoms with E-state index >= 15 is 0 Å². The summed E-state index contributed by atoms with van der Waals surface area (Å²) in [5.41, 5.74) is 3.59. The quantitative estimate of drug-likeness (QED) is 0.534. The lowest BCUT2D eigenvalue weighted by molar-refractivity contribution is -0.124. The van der Waals surface area contributed by atoms with E-state index in [1.165, 1.54) is 42.3 Å². The largest absolute Gasteiger partial charge is 0.452 e. The maximum Gasteiger partial charge on any atom is 0.341 e. The van der Waals surface area contributed by atoms with Gasteiger partial charge in [0.15, 0.2) is 6.61 Å². The molecule has 1 aliphatic carbocycles. The fourth-order valence-corrected chi connectivity index (χ4v) is 3.89. The van der Waals surface area contributed by atoms with E-state index in [1.54, 1.807) is 0 Å². The maximum atomic E-state index is 12.6. The first-order valence-electron chi connectivity index (χ1n) is 9.42. The van der Waals surface area contributed by atoms with Gasteiger partial charge in [-0.15, -0.1) is 0 Å². The predicted molar refractivity (Wildman–Crippen MR) is 106 cm³/mol. The number of ether oxygens (including phenoxy) is 1. The van der Waals surface area contributed by atoms with Crippen molar-refractivity contribution in [3.05, 3.63) is 58.8 Å². The highest BCUT2D eigenvalue weighted by Gasteiger charge is 2.20. The van der Waals surface area contributed by atoms with E-state index in [2.05, 4.69) is 22.4 Å². The maximum absolute atomic E-state index is 12.6. The van der Waals surface area contributed by atoms with E-state index in [4.69, 9.17) is 4.74 Å². The molecule has 1 aromatic heterocycles. The van der Waals surface area contributed by atoms with Crippen LogP contribution in [0.1, 0.15) is 52.9 Å². The summed E-state index contributed by atoms with van der Waals surface area (Å²) < 4.78 is 30.2. The van der Waals surface area contributed by atoms with Crippen molar-refractivity contribution in [3.63, 3.8) is 0 Å². The number of pyridine rings is 1. The number of nitrogens with one attached hydrogen (secondary N) is 1. The standard InChI is InChI=1S/C21H22F2N2O3S/c1-13(15-9-8-14-5-2-3-6-16(14)11-15)25-18(26)12-28-20(27)17-7-4-10-24-19(17)29-21(22)23/h4,7-11,13,21H,2-3,5-6,12H2,1H3,(H,25,26)/t13-/m0/s1. The van der Waals surface area contributed by atoms with E-state index in [1.807, 2.05) is 13.0 Å². The fraction of sp³-hybridized carbons (Fsp3) is 0.381. The molecule has 154 valence electrons. The molecule has 0 saturated heterocycles. The Morgan fingerprint density at radius 1 is 1.21 bits per heavy atom. The first-order chi connectivity index (χ1) is 13.9. The normalized spacial score (nSPS) is 14.2. The zero-order valence-electron chi connectivity index (χ0n) is 16.0. The first kappa shape index (κ1) is 21.2. The molecule has 0 unspecified atom stereocenters. The highest BCUT2D eigenvalue weighted by atomic mass is 32.2. The Balaban J connectivity index is 1.55. The fourth-order valence-electron chi connectivity index (χ4n) is 3.32. The molecule has 8 heteroatoms. The van der Waals surface area contributed by atoms with Crippen LogP contribution in [0.3, 0.4) is 0 Å². The second-order valence-electron chi connectivity index (χ2n) is 6.84. The third-order valence-corrected chi connectivity index (χ3v) is 5.50. The minimum Gasteiger partial charge on any atom is -0.452 e. The summed E-state index contributed by atoms with van der Waals surface area (Å²) in [6, 6.07) is 8.78. The van der Waals surface area contributed by atoms with Gasteiger partial charge in [-0.1, -0.05) is 18.2 Å². The van der Waals surface area contributed by atoms with Gasteiger partial charge in [-0.25, -0.2) is 9.78 Å². The number of aryl methyl sites for hydroxylation is 2. The molecule has 0 radical (unpaired) electrons. The van der Waals surface area contributed by atoms with Gasteiger partial charge in [-0.3, -0.25) is 4.79 Å². The Hall–Kier alpha value is -2.48. The lowest BCUT2D eigenvalue weighted by Gasteiger charge is -2.20. The lowest BCUT2D eigenvalue weighted by atomic mass is 9.89. The minimum absolute atomic E-state index is 0.0895. The van der Waals surface area contributed by atoms with Crippen LogP contribution in [0, 0.1) is 0 Å². The highest BCUT2D eigenvalue weighted by Crippen LogP contribution is 2.27. The predicted octanol–water partition coefficient (Wildman–Crippen LogP) is 4.31. The Kier molecular flexibility index (Phi) is 7.19. The van der Waals surface area contributed by atoms with Crippen LogP contribution < -0.4 is 5.32 Å². The molecular weight excluding hydrogens is 398 g/mol. The average Bonchev–Trinajstić information content (AvgIpc) is 2.71. The molecule has 0 saturated carbocycles. The summed E-state index contributed by atoms with van der Waals surface area (Å²) in [7, 11) is 0. The number of carbonyl (C=O) groups excluding carboxylic acids is 2. The van der Waals surface area contributed by atoms with E-state index in [-0.39, 0.29) is 28.4 Å². The molecule has 1 aliphatic rings. The van der Waals surface area contributed by atoms with Crippen LogP contribution in [-0.2, 0) is 22.4 Å².